The molecule has 1 saturated carbocycles. The second kappa shape index (κ2) is 3.36. The highest BCUT2D eigenvalue weighted by molar-refractivity contribution is 5.77. The number of benzene rings is 1. The molecule has 0 bridgehead atoms. The summed E-state index contributed by atoms with van der Waals surface area (Å²) in [5, 5.41) is 0. The molecule has 0 saturated heterocycles. The van der Waals surface area contributed by atoms with Crippen LogP contribution in [0.5, 0.6) is 5.75 Å². The van der Waals surface area contributed by atoms with E-state index in [0.717, 1.165) is 25.0 Å². The molecule has 0 heterocycles. The van der Waals surface area contributed by atoms with Gasteiger partial charge in [-0.05, 0) is 12.8 Å². The maximum absolute atomic E-state index is 12.6. The number of rotatable bonds is 2. The minimum absolute atomic E-state index is 0.0923. The van der Waals surface area contributed by atoms with Crippen molar-refractivity contribution in [2.24, 2.45) is 5.92 Å². The van der Waals surface area contributed by atoms with Crippen LogP contribution in [0.1, 0.15) is 12.8 Å². The SMILES string of the molecule is O=C(Oc1cc(F)[c]c(F)c1)C1CC1. The summed E-state index contributed by atoms with van der Waals surface area (Å²) in [5.41, 5.74) is 0. The van der Waals surface area contributed by atoms with Gasteiger partial charge in [0.25, 0.3) is 0 Å². The van der Waals surface area contributed by atoms with E-state index in [-0.39, 0.29) is 11.7 Å². The van der Waals surface area contributed by atoms with Crippen molar-refractivity contribution in [3.05, 3.63) is 29.8 Å². The lowest BCUT2D eigenvalue weighted by Gasteiger charge is -2.02. The number of hydrogen-bond acceptors (Lipinski definition) is 2. The van der Waals surface area contributed by atoms with E-state index in [1.807, 2.05) is 0 Å². The van der Waals surface area contributed by atoms with Crippen LogP contribution >= 0.6 is 0 Å². The number of hydrogen-bond donors (Lipinski definition) is 0. The van der Waals surface area contributed by atoms with Gasteiger partial charge in [0.05, 0.1) is 12.0 Å². The highest BCUT2D eigenvalue weighted by Crippen LogP contribution is 2.30. The van der Waals surface area contributed by atoms with Gasteiger partial charge in [-0.3, -0.25) is 4.79 Å². The van der Waals surface area contributed by atoms with Crippen molar-refractivity contribution in [2.75, 3.05) is 0 Å². The number of carbonyl (C=O) groups excluding carboxylic acids is 1. The van der Waals surface area contributed by atoms with Gasteiger partial charge in [-0.25, -0.2) is 8.78 Å². The van der Waals surface area contributed by atoms with Crippen LogP contribution in [0.4, 0.5) is 8.78 Å². The van der Waals surface area contributed by atoms with Gasteiger partial charge in [-0.15, -0.1) is 0 Å². The lowest BCUT2D eigenvalue weighted by molar-refractivity contribution is -0.135. The molecule has 0 aromatic heterocycles. The van der Waals surface area contributed by atoms with Crippen molar-refractivity contribution < 1.29 is 18.3 Å². The van der Waals surface area contributed by atoms with Crippen LogP contribution in [0.25, 0.3) is 0 Å². The Morgan fingerprint density at radius 3 is 2.43 bits per heavy atom. The molecule has 0 N–H and O–H groups in total. The molecule has 0 aliphatic heterocycles. The Morgan fingerprint density at radius 2 is 1.93 bits per heavy atom. The second-order valence-corrected chi connectivity index (χ2v) is 3.21. The Hall–Kier alpha value is -1.45. The highest BCUT2D eigenvalue weighted by Gasteiger charge is 2.31. The summed E-state index contributed by atoms with van der Waals surface area (Å²) < 4.78 is 30.0. The van der Waals surface area contributed by atoms with E-state index in [1.165, 1.54) is 0 Å². The molecule has 1 aromatic carbocycles. The van der Waals surface area contributed by atoms with Crippen LogP contribution in [0.15, 0.2) is 12.1 Å². The topological polar surface area (TPSA) is 26.3 Å². The van der Waals surface area contributed by atoms with Crippen molar-refractivity contribution in [1.29, 1.82) is 0 Å². The van der Waals surface area contributed by atoms with E-state index in [2.05, 4.69) is 0 Å². The maximum Gasteiger partial charge on any atom is 0.314 e. The maximum atomic E-state index is 12.6. The van der Waals surface area contributed by atoms with Crippen molar-refractivity contribution in [2.45, 2.75) is 12.8 Å². The number of esters is 1. The fourth-order valence-corrected chi connectivity index (χ4v) is 1.06. The first-order valence-corrected chi connectivity index (χ1v) is 4.25. The van der Waals surface area contributed by atoms with Crippen molar-refractivity contribution in [3.63, 3.8) is 0 Å². The molecule has 73 valence electrons. The molecular weight excluding hydrogens is 190 g/mol. The highest BCUT2D eigenvalue weighted by atomic mass is 19.1. The van der Waals surface area contributed by atoms with E-state index in [0.29, 0.717) is 0 Å². The number of halogens is 2. The Balaban J connectivity index is 2.11. The minimum Gasteiger partial charge on any atom is -0.426 e. The zero-order chi connectivity index (χ0) is 10.1. The van der Waals surface area contributed by atoms with Crippen molar-refractivity contribution in [3.8, 4) is 5.75 Å². The van der Waals surface area contributed by atoms with Gasteiger partial charge in [-0.2, -0.15) is 0 Å². The average Bonchev–Trinajstić information content (AvgIpc) is 2.82. The summed E-state index contributed by atoms with van der Waals surface area (Å²) in [7, 11) is 0. The summed E-state index contributed by atoms with van der Waals surface area (Å²) in [6, 6.07) is 3.67. The molecule has 1 fully saturated rings. The molecule has 0 spiro atoms. The third kappa shape index (κ3) is 2.07. The lowest BCUT2D eigenvalue weighted by Crippen LogP contribution is -2.10. The van der Waals surface area contributed by atoms with E-state index in [4.69, 9.17) is 4.74 Å². The van der Waals surface area contributed by atoms with Crippen LogP contribution in [-0.2, 0) is 4.79 Å². The Bertz CT molecular complexity index is 352. The predicted molar refractivity (Wildman–Crippen MR) is 43.6 cm³/mol. The van der Waals surface area contributed by atoms with E-state index in [9.17, 15) is 13.6 Å². The molecule has 14 heavy (non-hydrogen) atoms. The van der Waals surface area contributed by atoms with Crippen LogP contribution in [-0.4, -0.2) is 5.97 Å². The monoisotopic (exact) mass is 197 g/mol. The molecule has 1 aliphatic carbocycles. The quantitative estimate of drug-likeness (QED) is 0.536. The first-order valence-electron chi connectivity index (χ1n) is 4.25. The van der Waals surface area contributed by atoms with Gasteiger partial charge >= 0.3 is 5.97 Å². The van der Waals surface area contributed by atoms with Crippen LogP contribution in [0.2, 0.25) is 0 Å². The van der Waals surface area contributed by atoms with Gasteiger partial charge in [0.1, 0.15) is 17.4 Å². The summed E-state index contributed by atoms with van der Waals surface area (Å²) in [6.45, 7) is 0. The van der Waals surface area contributed by atoms with Gasteiger partial charge in [-0.1, -0.05) is 0 Å². The zero-order valence-electron chi connectivity index (χ0n) is 7.22. The predicted octanol–water partition coefficient (Wildman–Crippen LogP) is 2.08. The van der Waals surface area contributed by atoms with Gasteiger partial charge in [0, 0.05) is 12.1 Å². The summed E-state index contributed by atoms with van der Waals surface area (Å²) in [4.78, 5) is 11.1. The Labute approximate surface area is 79.5 Å². The fraction of sp³-hybridized carbons (Fsp3) is 0.300. The third-order valence-corrected chi connectivity index (χ3v) is 1.91. The first kappa shape index (κ1) is 9.12. The van der Waals surface area contributed by atoms with E-state index >= 15 is 0 Å². The van der Waals surface area contributed by atoms with Crippen molar-refractivity contribution in [1.82, 2.24) is 0 Å². The zero-order valence-corrected chi connectivity index (χ0v) is 7.22. The lowest BCUT2D eigenvalue weighted by atomic mass is 10.3. The largest absolute Gasteiger partial charge is 0.426 e. The van der Waals surface area contributed by atoms with Gasteiger partial charge < -0.3 is 4.74 Å². The third-order valence-electron chi connectivity index (χ3n) is 1.91. The first-order chi connectivity index (χ1) is 6.65. The summed E-state index contributed by atoms with van der Waals surface area (Å²) in [5.74, 6) is -2.36. The summed E-state index contributed by atoms with van der Waals surface area (Å²) in [6.07, 6.45) is 1.59. The standard InChI is InChI=1S/C10H7F2O2/c11-7-3-8(12)5-9(4-7)14-10(13)6-1-2-6/h4-6H,1-2H2. The molecule has 2 nitrogen and oxygen atoms in total. The fourth-order valence-electron chi connectivity index (χ4n) is 1.06. The van der Waals surface area contributed by atoms with Gasteiger partial charge in [0.2, 0.25) is 0 Å². The number of ether oxygens (including phenoxy) is 1. The van der Waals surface area contributed by atoms with Crippen LogP contribution in [0.3, 0.4) is 0 Å². The molecule has 0 atom stereocenters. The van der Waals surface area contributed by atoms with E-state index < -0.39 is 17.6 Å². The summed E-state index contributed by atoms with van der Waals surface area (Å²) >= 11 is 0. The average molecular weight is 197 g/mol. The normalized spacial score (nSPS) is 15.3. The molecule has 1 radical (unpaired) electrons. The van der Waals surface area contributed by atoms with Crippen LogP contribution in [0, 0.1) is 23.6 Å². The Kier molecular flexibility index (Phi) is 2.19. The molecule has 1 aromatic rings. The second-order valence-electron chi connectivity index (χ2n) is 3.21. The smallest absolute Gasteiger partial charge is 0.314 e. The molecular formula is C10H7F2O2. The molecule has 0 unspecified atom stereocenters. The van der Waals surface area contributed by atoms with Crippen molar-refractivity contribution >= 4 is 5.97 Å². The molecule has 2 rings (SSSR count). The molecule has 0 amide bonds. The number of carbonyl (C=O) groups is 1. The van der Waals surface area contributed by atoms with E-state index in [1.54, 1.807) is 6.07 Å². The van der Waals surface area contributed by atoms with Gasteiger partial charge in [0.15, 0.2) is 0 Å². The Morgan fingerprint density at radius 1 is 1.36 bits per heavy atom. The molecule has 4 heteroatoms. The van der Waals surface area contributed by atoms with Crippen LogP contribution < -0.4 is 4.74 Å². The molecule has 1 aliphatic rings. The minimum atomic E-state index is -0.872.